The maximum absolute atomic E-state index is 6.08. The van der Waals surface area contributed by atoms with Crippen LogP contribution in [-0.4, -0.2) is 4.98 Å². The first-order valence-electron chi connectivity index (χ1n) is 4.62. The zero-order valence-electron chi connectivity index (χ0n) is 8.56. The van der Waals surface area contributed by atoms with Gasteiger partial charge in [-0.25, -0.2) is 4.98 Å². The number of hydrogen-bond donors (Lipinski definition) is 0. The topological polar surface area (TPSA) is 12.9 Å². The van der Waals surface area contributed by atoms with Crippen LogP contribution in [0.3, 0.4) is 0 Å². The van der Waals surface area contributed by atoms with E-state index in [2.05, 4.69) is 37.0 Å². The predicted molar refractivity (Wildman–Crippen MR) is 61.0 cm³/mol. The van der Waals surface area contributed by atoms with Crippen LogP contribution in [-0.2, 0) is 0 Å². The Morgan fingerprint density at radius 1 is 1.00 bits per heavy atom. The Hall–Kier alpha value is -1.08. The van der Waals surface area contributed by atoms with Crippen LogP contribution in [0.1, 0.15) is 16.8 Å². The van der Waals surface area contributed by atoms with E-state index in [0.29, 0.717) is 5.15 Å². The Bertz CT molecular complexity index is 503. The van der Waals surface area contributed by atoms with E-state index in [1.165, 1.54) is 16.5 Å². The van der Waals surface area contributed by atoms with Gasteiger partial charge in [0.25, 0.3) is 0 Å². The lowest BCUT2D eigenvalue weighted by atomic mass is 10.0. The van der Waals surface area contributed by atoms with Crippen LogP contribution < -0.4 is 0 Å². The molecule has 0 saturated carbocycles. The van der Waals surface area contributed by atoms with Crippen molar-refractivity contribution in [3.8, 4) is 0 Å². The largest absolute Gasteiger partial charge is 0.241 e. The number of halogens is 1. The van der Waals surface area contributed by atoms with Crippen molar-refractivity contribution >= 4 is 22.4 Å². The van der Waals surface area contributed by atoms with Gasteiger partial charge >= 0.3 is 0 Å². The number of hydrogen-bond acceptors (Lipinski definition) is 1. The molecule has 1 heterocycles. The van der Waals surface area contributed by atoms with Gasteiger partial charge in [0, 0.05) is 11.1 Å². The standard InChI is InChI=1S/C12H12ClN/c1-7-4-10-6-9(3)14-12(13)11(10)5-8(7)2/h4-6H,1-3H3. The highest BCUT2D eigenvalue weighted by atomic mass is 35.5. The Morgan fingerprint density at radius 2 is 1.64 bits per heavy atom. The second kappa shape index (κ2) is 3.25. The van der Waals surface area contributed by atoms with E-state index in [-0.39, 0.29) is 0 Å². The molecule has 2 heteroatoms. The quantitative estimate of drug-likeness (QED) is 0.596. The minimum atomic E-state index is 0.600. The molecule has 0 spiro atoms. The minimum Gasteiger partial charge on any atom is -0.241 e. The van der Waals surface area contributed by atoms with Gasteiger partial charge in [-0.05, 0) is 49.4 Å². The summed E-state index contributed by atoms with van der Waals surface area (Å²) in [7, 11) is 0. The third-order valence-corrected chi connectivity index (χ3v) is 2.82. The van der Waals surface area contributed by atoms with E-state index in [9.17, 15) is 0 Å². The second-order valence-electron chi connectivity index (χ2n) is 3.71. The molecule has 1 aromatic heterocycles. The maximum Gasteiger partial charge on any atom is 0.137 e. The Kier molecular flexibility index (Phi) is 2.20. The first-order valence-corrected chi connectivity index (χ1v) is 5.00. The van der Waals surface area contributed by atoms with E-state index < -0.39 is 0 Å². The molecule has 0 N–H and O–H groups in total. The van der Waals surface area contributed by atoms with Crippen LogP contribution in [0.4, 0.5) is 0 Å². The Labute approximate surface area is 88.7 Å². The number of fused-ring (bicyclic) bond motifs is 1. The van der Waals surface area contributed by atoms with Gasteiger partial charge in [-0.2, -0.15) is 0 Å². The monoisotopic (exact) mass is 205 g/mol. The molecule has 2 rings (SSSR count). The number of nitrogens with zero attached hydrogens (tertiary/aromatic N) is 1. The van der Waals surface area contributed by atoms with Crippen LogP contribution >= 0.6 is 11.6 Å². The molecule has 0 unspecified atom stereocenters. The molecule has 14 heavy (non-hydrogen) atoms. The molecule has 0 aliphatic rings. The van der Waals surface area contributed by atoms with Crippen molar-refractivity contribution in [1.82, 2.24) is 4.98 Å². The molecule has 72 valence electrons. The van der Waals surface area contributed by atoms with Gasteiger partial charge in [0.2, 0.25) is 0 Å². The van der Waals surface area contributed by atoms with Crippen molar-refractivity contribution in [3.05, 3.63) is 40.2 Å². The van der Waals surface area contributed by atoms with Crippen LogP contribution in [0, 0.1) is 20.8 Å². The van der Waals surface area contributed by atoms with E-state index in [4.69, 9.17) is 11.6 Å². The van der Waals surface area contributed by atoms with Gasteiger partial charge in [-0.3, -0.25) is 0 Å². The molecular weight excluding hydrogens is 194 g/mol. The van der Waals surface area contributed by atoms with Gasteiger partial charge in [0.05, 0.1) is 0 Å². The number of pyridine rings is 1. The van der Waals surface area contributed by atoms with E-state index in [1.807, 2.05) is 6.92 Å². The number of aromatic nitrogens is 1. The first-order chi connectivity index (χ1) is 6.58. The van der Waals surface area contributed by atoms with E-state index in [1.54, 1.807) is 0 Å². The summed E-state index contributed by atoms with van der Waals surface area (Å²) in [6.07, 6.45) is 0. The SMILES string of the molecule is Cc1cc2cc(C)c(C)cc2c(Cl)n1. The summed E-state index contributed by atoms with van der Waals surface area (Å²) >= 11 is 6.08. The van der Waals surface area contributed by atoms with E-state index >= 15 is 0 Å². The van der Waals surface area contributed by atoms with E-state index in [0.717, 1.165) is 11.1 Å². The molecule has 0 aliphatic carbocycles. The zero-order valence-corrected chi connectivity index (χ0v) is 9.31. The Morgan fingerprint density at radius 3 is 2.36 bits per heavy atom. The smallest absolute Gasteiger partial charge is 0.137 e. The summed E-state index contributed by atoms with van der Waals surface area (Å²) in [6, 6.07) is 6.32. The molecule has 0 saturated heterocycles. The zero-order chi connectivity index (χ0) is 10.3. The van der Waals surface area contributed by atoms with Gasteiger partial charge in [0.15, 0.2) is 0 Å². The van der Waals surface area contributed by atoms with Crippen molar-refractivity contribution in [2.45, 2.75) is 20.8 Å². The summed E-state index contributed by atoms with van der Waals surface area (Å²) in [5.74, 6) is 0. The molecule has 1 aromatic carbocycles. The third kappa shape index (κ3) is 1.48. The maximum atomic E-state index is 6.08. The summed E-state index contributed by atoms with van der Waals surface area (Å²) in [5, 5.41) is 2.81. The van der Waals surface area contributed by atoms with Crippen LogP contribution in [0.5, 0.6) is 0 Å². The first kappa shape index (κ1) is 9.47. The lowest BCUT2D eigenvalue weighted by Crippen LogP contribution is -1.87. The number of benzene rings is 1. The fraction of sp³-hybridized carbons (Fsp3) is 0.250. The molecule has 1 nitrogen and oxygen atoms in total. The van der Waals surface area contributed by atoms with Gasteiger partial charge in [-0.15, -0.1) is 0 Å². The van der Waals surface area contributed by atoms with Crippen LogP contribution in [0.2, 0.25) is 5.15 Å². The normalized spacial score (nSPS) is 10.9. The number of rotatable bonds is 0. The lowest BCUT2D eigenvalue weighted by molar-refractivity contribution is 1.22. The molecule has 0 radical (unpaired) electrons. The van der Waals surface area contributed by atoms with Crippen molar-refractivity contribution in [2.24, 2.45) is 0 Å². The summed E-state index contributed by atoms with van der Waals surface area (Å²) in [4.78, 5) is 4.24. The molecule has 0 aliphatic heterocycles. The van der Waals surface area contributed by atoms with Gasteiger partial charge in [0.1, 0.15) is 5.15 Å². The lowest BCUT2D eigenvalue weighted by Gasteiger charge is -2.06. The average Bonchev–Trinajstić information content (AvgIpc) is 2.08. The molecular formula is C12H12ClN. The van der Waals surface area contributed by atoms with Crippen LogP contribution in [0.25, 0.3) is 10.8 Å². The molecule has 0 atom stereocenters. The molecule has 0 bridgehead atoms. The van der Waals surface area contributed by atoms with Crippen molar-refractivity contribution in [1.29, 1.82) is 0 Å². The fourth-order valence-corrected chi connectivity index (χ4v) is 1.91. The molecule has 2 aromatic rings. The average molecular weight is 206 g/mol. The Balaban J connectivity index is 2.89. The highest BCUT2D eigenvalue weighted by molar-refractivity contribution is 6.34. The molecule has 0 amide bonds. The minimum absolute atomic E-state index is 0.600. The van der Waals surface area contributed by atoms with Crippen molar-refractivity contribution in [3.63, 3.8) is 0 Å². The van der Waals surface area contributed by atoms with Gasteiger partial charge < -0.3 is 0 Å². The summed E-state index contributed by atoms with van der Waals surface area (Å²) in [6.45, 7) is 6.16. The highest BCUT2D eigenvalue weighted by Crippen LogP contribution is 2.25. The fourth-order valence-electron chi connectivity index (χ4n) is 1.61. The van der Waals surface area contributed by atoms with Crippen molar-refractivity contribution < 1.29 is 0 Å². The molecule has 0 fully saturated rings. The van der Waals surface area contributed by atoms with Crippen LogP contribution in [0.15, 0.2) is 18.2 Å². The summed E-state index contributed by atoms with van der Waals surface area (Å²) < 4.78 is 0. The predicted octanol–water partition coefficient (Wildman–Crippen LogP) is 3.81. The number of aryl methyl sites for hydroxylation is 3. The van der Waals surface area contributed by atoms with Crippen molar-refractivity contribution in [2.75, 3.05) is 0 Å². The highest BCUT2D eigenvalue weighted by Gasteiger charge is 2.03. The van der Waals surface area contributed by atoms with Gasteiger partial charge in [-0.1, -0.05) is 17.7 Å². The summed E-state index contributed by atoms with van der Waals surface area (Å²) in [5.41, 5.74) is 3.51. The third-order valence-electron chi connectivity index (χ3n) is 2.53. The second-order valence-corrected chi connectivity index (χ2v) is 4.07.